The molecule has 37 heavy (non-hydrogen) atoms. The summed E-state index contributed by atoms with van der Waals surface area (Å²) in [5.74, 6) is -2.36. The molecule has 1 aliphatic heterocycles. The fourth-order valence-electron chi connectivity index (χ4n) is 4.04. The van der Waals surface area contributed by atoms with E-state index >= 15 is 0 Å². The van der Waals surface area contributed by atoms with Crippen molar-refractivity contribution in [1.29, 1.82) is 0 Å². The molecule has 0 amide bonds. The zero-order valence-corrected chi connectivity index (χ0v) is 21.5. The number of aliphatic hydroxyl groups is 1. The molecule has 11 heteroatoms. The lowest BCUT2D eigenvalue weighted by Gasteiger charge is -2.27. The van der Waals surface area contributed by atoms with E-state index in [1.165, 1.54) is 19.3 Å². The summed E-state index contributed by atoms with van der Waals surface area (Å²) in [5.41, 5.74) is -0.856. The van der Waals surface area contributed by atoms with E-state index in [0.717, 1.165) is 51.4 Å². The lowest BCUT2D eigenvalue weighted by atomic mass is 9.99. The molecule has 1 fully saturated rings. The predicted molar refractivity (Wildman–Crippen MR) is 127 cm³/mol. The first-order chi connectivity index (χ1) is 17.3. The monoisotopic (exact) mass is 546 g/mol. The second-order valence-corrected chi connectivity index (χ2v) is 9.33. The van der Waals surface area contributed by atoms with Gasteiger partial charge in [-0.15, -0.1) is 0 Å². The Balaban J connectivity index is 2.22. The van der Waals surface area contributed by atoms with Gasteiger partial charge in [0.15, 0.2) is 5.79 Å². The maximum Gasteiger partial charge on any atom is 0.434 e. The van der Waals surface area contributed by atoms with Gasteiger partial charge in [-0.25, -0.2) is 4.79 Å². The molecule has 1 saturated heterocycles. The number of aliphatic hydroxyl groups excluding tert-OH is 1. The van der Waals surface area contributed by atoms with Crippen LogP contribution >= 0.6 is 0 Å². The van der Waals surface area contributed by atoms with Crippen molar-refractivity contribution >= 4 is 5.97 Å². The van der Waals surface area contributed by atoms with Crippen LogP contribution in [0.1, 0.15) is 90.4 Å². The van der Waals surface area contributed by atoms with Gasteiger partial charge in [-0.2, -0.15) is 26.3 Å². The van der Waals surface area contributed by atoms with Gasteiger partial charge in [-0.1, -0.05) is 57.8 Å². The number of alkyl halides is 6. The van der Waals surface area contributed by atoms with Crippen molar-refractivity contribution in [2.75, 3.05) is 13.2 Å². The number of carbonyl (C=O) groups excluding carboxylic acids is 1. The highest BCUT2D eigenvalue weighted by atomic mass is 19.4. The summed E-state index contributed by atoms with van der Waals surface area (Å²) >= 11 is 0. The second kappa shape index (κ2) is 16.4. The van der Waals surface area contributed by atoms with Gasteiger partial charge in [0, 0.05) is 12.8 Å². The minimum Gasteiger partial charge on any atom is -0.439 e. The first-order valence-electron chi connectivity index (χ1n) is 13.0. The van der Waals surface area contributed by atoms with E-state index in [9.17, 15) is 36.2 Å². The molecule has 0 aromatic carbocycles. The third-order valence-electron chi connectivity index (χ3n) is 6.16. The number of carbonyl (C=O) groups is 1. The molecule has 216 valence electrons. The number of ether oxygens (including phenoxy) is 3. The normalized spacial score (nSPS) is 17.0. The molecule has 1 atom stereocenters. The van der Waals surface area contributed by atoms with Crippen molar-refractivity contribution in [1.82, 2.24) is 0 Å². The summed E-state index contributed by atoms with van der Waals surface area (Å²) in [4.78, 5) is 11.6. The standard InChI is InChI=1S/C26H40F6O5/c1-3-4-5-13-16-24(35-18-19-36-24)17-14-11-9-7-6-8-10-12-15-21(33)20(2)22(34)37-23(25(27,28)29)26(30,31)32/h8,10,21,23,33H,2-7,9,11-19H2,1H3/b10-8+/t21-/m1/s1. The van der Waals surface area contributed by atoms with Gasteiger partial charge in [0.1, 0.15) is 0 Å². The van der Waals surface area contributed by atoms with Gasteiger partial charge in [0.05, 0.1) is 24.9 Å². The van der Waals surface area contributed by atoms with Crippen LogP contribution in [-0.2, 0) is 19.0 Å². The number of hydrogen-bond acceptors (Lipinski definition) is 5. The lowest BCUT2D eigenvalue weighted by Crippen LogP contribution is -2.46. The number of halogens is 6. The SMILES string of the molecule is C=C(C(=O)OC(C(F)(F)F)C(F)(F)F)[C@H](O)CC/C=C/CCCCCCC1(CCCCCC)OCCO1. The predicted octanol–water partition coefficient (Wildman–Crippen LogP) is 7.33. The highest BCUT2D eigenvalue weighted by molar-refractivity contribution is 5.89. The number of unbranched alkanes of at least 4 members (excludes halogenated alkanes) is 7. The van der Waals surface area contributed by atoms with E-state index in [4.69, 9.17) is 9.47 Å². The first kappa shape index (κ1) is 33.4. The smallest absolute Gasteiger partial charge is 0.434 e. The van der Waals surface area contributed by atoms with Crippen molar-refractivity contribution in [3.63, 3.8) is 0 Å². The van der Waals surface area contributed by atoms with E-state index in [2.05, 4.69) is 18.2 Å². The molecule has 5 nitrogen and oxygen atoms in total. The molecule has 1 N–H and O–H groups in total. The average molecular weight is 547 g/mol. The highest BCUT2D eigenvalue weighted by Gasteiger charge is 2.60. The van der Waals surface area contributed by atoms with E-state index in [0.29, 0.717) is 13.2 Å². The molecular formula is C26H40F6O5. The fourth-order valence-corrected chi connectivity index (χ4v) is 4.04. The number of rotatable bonds is 18. The highest BCUT2D eigenvalue weighted by Crippen LogP contribution is 2.36. The molecule has 0 radical (unpaired) electrons. The lowest BCUT2D eigenvalue weighted by molar-refractivity contribution is -0.312. The summed E-state index contributed by atoms with van der Waals surface area (Å²) in [7, 11) is 0. The molecule has 1 heterocycles. The largest absolute Gasteiger partial charge is 0.439 e. The summed E-state index contributed by atoms with van der Waals surface area (Å²) in [5, 5.41) is 9.88. The van der Waals surface area contributed by atoms with E-state index < -0.39 is 41.9 Å². The maximum atomic E-state index is 12.5. The Labute approximate surface area is 215 Å². The maximum absolute atomic E-state index is 12.5. The van der Waals surface area contributed by atoms with Gasteiger partial charge in [0.2, 0.25) is 0 Å². The average Bonchev–Trinajstić information content (AvgIpc) is 3.28. The van der Waals surface area contributed by atoms with Crippen LogP contribution in [0.15, 0.2) is 24.3 Å². The van der Waals surface area contributed by atoms with Gasteiger partial charge >= 0.3 is 18.3 Å². The van der Waals surface area contributed by atoms with Crippen molar-refractivity contribution < 1.29 is 50.5 Å². The van der Waals surface area contributed by atoms with E-state index in [1.54, 1.807) is 6.08 Å². The van der Waals surface area contributed by atoms with Gasteiger partial charge in [0.25, 0.3) is 6.10 Å². The Kier molecular flexibility index (Phi) is 14.8. The van der Waals surface area contributed by atoms with Crippen molar-refractivity contribution in [3.8, 4) is 0 Å². The quantitative estimate of drug-likeness (QED) is 0.0641. The van der Waals surface area contributed by atoms with Crippen LogP contribution in [0.2, 0.25) is 0 Å². The minimum absolute atomic E-state index is 0.0898. The fraction of sp³-hybridized carbons (Fsp3) is 0.808. The topological polar surface area (TPSA) is 65.0 Å². The molecule has 0 aliphatic carbocycles. The molecule has 0 bridgehead atoms. The zero-order chi connectivity index (χ0) is 28.0. The molecule has 0 saturated carbocycles. The molecule has 0 spiro atoms. The van der Waals surface area contributed by atoms with E-state index in [1.807, 2.05) is 6.08 Å². The summed E-state index contributed by atoms with van der Waals surface area (Å²) in [6.07, 6.45) is -2.46. The second-order valence-electron chi connectivity index (χ2n) is 9.33. The van der Waals surface area contributed by atoms with Crippen LogP contribution in [0, 0.1) is 0 Å². The van der Waals surface area contributed by atoms with Crippen molar-refractivity contribution in [2.45, 2.75) is 121 Å². The Hall–Kier alpha value is -1.59. The third kappa shape index (κ3) is 13.2. The summed E-state index contributed by atoms with van der Waals surface area (Å²) < 4.78 is 90.4. The molecule has 0 aromatic heterocycles. The van der Waals surface area contributed by atoms with Crippen LogP contribution in [0.5, 0.6) is 0 Å². The summed E-state index contributed by atoms with van der Waals surface area (Å²) in [6, 6.07) is 0. The Morgan fingerprint density at radius 1 is 0.919 bits per heavy atom. The number of hydrogen-bond donors (Lipinski definition) is 1. The molecule has 0 unspecified atom stereocenters. The zero-order valence-electron chi connectivity index (χ0n) is 21.5. The summed E-state index contributed by atoms with van der Waals surface area (Å²) in [6.45, 7) is 6.55. The van der Waals surface area contributed by atoms with Crippen molar-refractivity contribution in [3.05, 3.63) is 24.3 Å². The van der Waals surface area contributed by atoms with Crippen LogP contribution in [-0.4, -0.2) is 54.6 Å². The van der Waals surface area contributed by atoms with Crippen LogP contribution < -0.4 is 0 Å². The molecular weight excluding hydrogens is 506 g/mol. The van der Waals surface area contributed by atoms with Crippen molar-refractivity contribution in [2.24, 2.45) is 0 Å². The van der Waals surface area contributed by atoms with Crippen LogP contribution in [0.25, 0.3) is 0 Å². The Morgan fingerprint density at radius 3 is 1.97 bits per heavy atom. The Bertz CT molecular complexity index is 685. The van der Waals surface area contributed by atoms with E-state index in [-0.39, 0.29) is 12.8 Å². The van der Waals surface area contributed by atoms with Gasteiger partial charge in [-0.05, 0) is 38.5 Å². The molecule has 1 aliphatic rings. The Morgan fingerprint density at radius 2 is 1.43 bits per heavy atom. The number of allylic oxidation sites excluding steroid dienone is 2. The minimum atomic E-state index is -5.82. The number of esters is 1. The molecule has 1 rings (SSSR count). The third-order valence-corrected chi connectivity index (χ3v) is 6.16. The molecule has 0 aromatic rings. The van der Waals surface area contributed by atoms with Gasteiger partial charge < -0.3 is 19.3 Å². The van der Waals surface area contributed by atoms with Crippen LogP contribution in [0.3, 0.4) is 0 Å². The van der Waals surface area contributed by atoms with Crippen LogP contribution in [0.4, 0.5) is 26.3 Å². The van der Waals surface area contributed by atoms with Gasteiger partial charge in [-0.3, -0.25) is 0 Å². The first-order valence-corrected chi connectivity index (χ1v) is 13.0.